The van der Waals surface area contributed by atoms with E-state index in [9.17, 15) is 0 Å². The second kappa shape index (κ2) is 13.1. The molecule has 1 heterocycles. The first-order valence-corrected chi connectivity index (χ1v) is 16.1. The molecule has 7 aromatic carbocycles. The van der Waals surface area contributed by atoms with E-state index in [2.05, 4.69) is 127 Å². The molecule has 1 aromatic heterocycles. The highest BCUT2D eigenvalue weighted by molar-refractivity contribution is 5.95. The van der Waals surface area contributed by atoms with Crippen molar-refractivity contribution in [3.8, 4) is 78.7 Å². The number of nitrogens with zero attached hydrogens (tertiary/aromatic N) is 3. The second-order valence-corrected chi connectivity index (χ2v) is 11.7. The minimum absolute atomic E-state index is 0.641. The average Bonchev–Trinajstić information content (AvgIpc) is 3.19. The van der Waals surface area contributed by atoms with E-state index < -0.39 is 0 Å². The fraction of sp³-hybridized carbons (Fsp3) is 0. The van der Waals surface area contributed by atoms with E-state index in [1.807, 2.05) is 60.7 Å². The molecule has 0 amide bonds. The van der Waals surface area contributed by atoms with Crippen LogP contribution < -0.4 is 0 Å². The first kappa shape index (κ1) is 29.0. The number of aromatic nitrogens is 3. The monoisotopic (exact) mass is 613 g/mol. The Morgan fingerprint density at radius 1 is 0.229 bits per heavy atom. The molecule has 0 aliphatic heterocycles. The molecule has 48 heavy (non-hydrogen) atoms. The Balaban J connectivity index is 1.23. The molecule has 0 fully saturated rings. The Morgan fingerprint density at radius 2 is 0.562 bits per heavy atom. The average molecular weight is 614 g/mol. The molecular weight excluding hydrogens is 583 g/mol. The fourth-order valence-electron chi connectivity index (χ4n) is 6.21. The summed E-state index contributed by atoms with van der Waals surface area (Å²) in [4.78, 5) is 14.8. The largest absolute Gasteiger partial charge is 0.208 e. The van der Waals surface area contributed by atoms with E-state index in [0.29, 0.717) is 17.5 Å². The van der Waals surface area contributed by atoms with Gasteiger partial charge in [-0.05, 0) is 56.6 Å². The van der Waals surface area contributed by atoms with Crippen LogP contribution in [0.25, 0.3) is 78.7 Å². The second-order valence-electron chi connectivity index (χ2n) is 11.7. The smallest absolute Gasteiger partial charge is 0.164 e. The summed E-state index contributed by atoms with van der Waals surface area (Å²) >= 11 is 0. The highest BCUT2D eigenvalue weighted by Crippen LogP contribution is 2.41. The minimum atomic E-state index is 0.641. The van der Waals surface area contributed by atoms with Crippen LogP contribution in [0.5, 0.6) is 0 Å². The lowest BCUT2D eigenvalue weighted by molar-refractivity contribution is 1.07. The first-order chi connectivity index (χ1) is 23.8. The summed E-state index contributed by atoms with van der Waals surface area (Å²) in [6, 6.07) is 65.4. The predicted octanol–water partition coefficient (Wildman–Crippen LogP) is 11.5. The van der Waals surface area contributed by atoms with Crippen LogP contribution >= 0.6 is 0 Å². The maximum Gasteiger partial charge on any atom is 0.164 e. The molecule has 3 heteroatoms. The molecule has 0 aliphatic carbocycles. The third-order valence-corrected chi connectivity index (χ3v) is 8.54. The van der Waals surface area contributed by atoms with Gasteiger partial charge in [0, 0.05) is 16.7 Å². The van der Waals surface area contributed by atoms with Crippen LogP contribution in [0.1, 0.15) is 0 Å². The zero-order valence-corrected chi connectivity index (χ0v) is 26.2. The number of rotatable bonds is 7. The van der Waals surface area contributed by atoms with Gasteiger partial charge in [0.15, 0.2) is 17.5 Å². The van der Waals surface area contributed by atoms with Gasteiger partial charge >= 0.3 is 0 Å². The molecule has 0 unspecified atom stereocenters. The van der Waals surface area contributed by atoms with Gasteiger partial charge in [-0.15, -0.1) is 0 Å². The molecule has 0 atom stereocenters. The molecule has 8 aromatic rings. The number of hydrogen-bond donors (Lipinski definition) is 0. The SMILES string of the molecule is c1ccc(-c2nc(-c3ccccc3)nc(-c3cccc(-c4cccc(-c5cccc(-c6ccccc6)c5-c5ccccc5)c4)c3)n2)cc1. The molecule has 3 nitrogen and oxygen atoms in total. The van der Waals surface area contributed by atoms with Gasteiger partial charge in [0.25, 0.3) is 0 Å². The van der Waals surface area contributed by atoms with Crippen LogP contribution in [-0.4, -0.2) is 15.0 Å². The van der Waals surface area contributed by atoms with E-state index >= 15 is 0 Å². The molecule has 0 saturated heterocycles. The Morgan fingerprint density at radius 3 is 1.08 bits per heavy atom. The lowest BCUT2D eigenvalue weighted by Gasteiger charge is -2.17. The molecule has 0 spiro atoms. The van der Waals surface area contributed by atoms with Gasteiger partial charge in [0.1, 0.15) is 0 Å². The van der Waals surface area contributed by atoms with E-state index in [0.717, 1.165) is 33.4 Å². The highest BCUT2D eigenvalue weighted by atomic mass is 15.0. The van der Waals surface area contributed by atoms with Crippen molar-refractivity contribution in [1.82, 2.24) is 15.0 Å². The minimum Gasteiger partial charge on any atom is -0.208 e. The van der Waals surface area contributed by atoms with Crippen LogP contribution in [0.15, 0.2) is 188 Å². The Kier molecular flexibility index (Phi) is 7.92. The van der Waals surface area contributed by atoms with Crippen LogP contribution in [0.4, 0.5) is 0 Å². The van der Waals surface area contributed by atoms with Gasteiger partial charge in [0.05, 0.1) is 0 Å². The van der Waals surface area contributed by atoms with Gasteiger partial charge in [-0.1, -0.05) is 176 Å². The van der Waals surface area contributed by atoms with Crippen LogP contribution in [0, 0.1) is 0 Å². The maximum absolute atomic E-state index is 4.96. The zero-order valence-electron chi connectivity index (χ0n) is 26.2. The molecule has 226 valence electrons. The van der Waals surface area contributed by atoms with Crippen molar-refractivity contribution in [1.29, 1.82) is 0 Å². The Hall–Kier alpha value is -6.45. The van der Waals surface area contributed by atoms with Crippen LogP contribution in [-0.2, 0) is 0 Å². The lowest BCUT2D eigenvalue weighted by atomic mass is 9.87. The summed E-state index contributed by atoms with van der Waals surface area (Å²) in [7, 11) is 0. The van der Waals surface area contributed by atoms with E-state index in [4.69, 9.17) is 15.0 Å². The van der Waals surface area contributed by atoms with Crippen LogP contribution in [0.2, 0.25) is 0 Å². The third kappa shape index (κ3) is 5.93. The van der Waals surface area contributed by atoms with E-state index in [1.165, 1.54) is 27.8 Å². The highest BCUT2D eigenvalue weighted by Gasteiger charge is 2.16. The predicted molar refractivity (Wildman–Crippen MR) is 198 cm³/mol. The van der Waals surface area contributed by atoms with Gasteiger partial charge in [-0.25, -0.2) is 15.0 Å². The quantitative estimate of drug-likeness (QED) is 0.179. The van der Waals surface area contributed by atoms with Crippen molar-refractivity contribution in [2.45, 2.75) is 0 Å². The molecular formula is C45H31N3. The van der Waals surface area contributed by atoms with Crippen molar-refractivity contribution in [3.63, 3.8) is 0 Å². The van der Waals surface area contributed by atoms with Gasteiger partial charge in [0.2, 0.25) is 0 Å². The molecule has 8 rings (SSSR count). The van der Waals surface area contributed by atoms with Gasteiger partial charge < -0.3 is 0 Å². The fourth-order valence-corrected chi connectivity index (χ4v) is 6.21. The summed E-state index contributed by atoms with van der Waals surface area (Å²) in [6.45, 7) is 0. The van der Waals surface area contributed by atoms with Crippen molar-refractivity contribution in [3.05, 3.63) is 188 Å². The van der Waals surface area contributed by atoms with Gasteiger partial charge in [-0.3, -0.25) is 0 Å². The van der Waals surface area contributed by atoms with Gasteiger partial charge in [-0.2, -0.15) is 0 Å². The van der Waals surface area contributed by atoms with Crippen molar-refractivity contribution in [2.24, 2.45) is 0 Å². The summed E-state index contributed by atoms with van der Waals surface area (Å²) < 4.78 is 0. The summed E-state index contributed by atoms with van der Waals surface area (Å²) in [5.74, 6) is 1.94. The molecule has 0 aliphatic rings. The maximum atomic E-state index is 4.96. The Labute approximate surface area is 280 Å². The standard InChI is InChI=1S/C45H31N3/c1-5-16-32(17-6-1)40-28-15-29-41(42(40)33-18-7-2-8-19-33)38-26-13-24-36(30-38)37-25-14-27-39(31-37)45-47-43(34-20-9-3-10-21-34)46-44(48-45)35-22-11-4-12-23-35/h1-31H. The summed E-state index contributed by atoms with van der Waals surface area (Å²) in [5.41, 5.74) is 12.2. The molecule has 0 radical (unpaired) electrons. The van der Waals surface area contributed by atoms with Crippen LogP contribution in [0.3, 0.4) is 0 Å². The topological polar surface area (TPSA) is 38.7 Å². The van der Waals surface area contributed by atoms with Crippen molar-refractivity contribution < 1.29 is 0 Å². The number of hydrogen-bond acceptors (Lipinski definition) is 3. The molecule has 0 bridgehead atoms. The molecule has 0 N–H and O–H groups in total. The Bertz CT molecular complexity index is 2260. The summed E-state index contributed by atoms with van der Waals surface area (Å²) in [5, 5.41) is 0. The third-order valence-electron chi connectivity index (χ3n) is 8.54. The lowest BCUT2D eigenvalue weighted by Crippen LogP contribution is -2.00. The molecule has 0 saturated carbocycles. The van der Waals surface area contributed by atoms with Crippen molar-refractivity contribution in [2.75, 3.05) is 0 Å². The summed E-state index contributed by atoms with van der Waals surface area (Å²) in [6.07, 6.45) is 0. The number of benzene rings is 7. The van der Waals surface area contributed by atoms with E-state index in [-0.39, 0.29) is 0 Å². The normalized spacial score (nSPS) is 10.9. The zero-order chi connectivity index (χ0) is 32.1. The first-order valence-electron chi connectivity index (χ1n) is 16.1. The van der Waals surface area contributed by atoms with E-state index in [1.54, 1.807) is 0 Å². The van der Waals surface area contributed by atoms with Crippen molar-refractivity contribution >= 4 is 0 Å².